The van der Waals surface area contributed by atoms with Crippen molar-refractivity contribution in [3.63, 3.8) is 0 Å². The van der Waals surface area contributed by atoms with Crippen molar-refractivity contribution in [1.82, 2.24) is 9.88 Å². The molecule has 1 aliphatic rings. The van der Waals surface area contributed by atoms with Gasteiger partial charge in [-0.3, -0.25) is 4.90 Å². The molecule has 0 aromatic carbocycles. The number of nitrogens with zero attached hydrogens (tertiary/aromatic N) is 3. The van der Waals surface area contributed by atoms with E-state index >= 15 is 0 Å². The van der Waals surface area contributed by atoms with Gasteiger partial charge >= 0.3 is 0 Å². The molecule has 2 heterocycles. The second-order valence-electron chi connectivity index (χ2n) is 3.12. The molecule has 1 fully saturated rings. The Morgan fingerprint density at radius 1 is 1.79 bits per heavy atom. The topological polar surface area (TPSA) is 49.2 Å². The van der Waals surface area contributed by atoms with Crippen molar-refractivity contribution < 1.29 is 4.74 Å². The third-order valence-electron chi connectivity index (χ3n) is 2.17. The Morgan fingerprint density at radius 2 is 2.71 bits per heavy atom. The van der Waals surface area contributed by atoms with Crippen LogP contribution in [-0.4, -0.2) is 36.1 Å². The van der Waals surface area contributed by atoms with Gasteiger partial charge in [-0.05, 0) is 0 Å². The number of nitriles is 1. The summed E-state index contributed by atoms with van der Waals surface area (Å²) < 4.78 is 5.60. The van der Waals surface area contributed by atoms with Gasteiger partial charge in [-0.2, -0.15) is 5.26 Å². The van der Waals surface area contributed by atoms with Crippen LogP contribution in [0.15, 0.2) is 11.6 Å². The van der Waals surface area contributed by atoms with E-state index in [1.165, 1.54) is 0 Å². The largest absolute Gasteiger partial charge is 0.368 e. The summed E-state index contributed by atoms with van der Waals surface area (Å²) in [6, 6.07) is 2.16. The quantitative estimate of drug-likeness (QED) is 0.683. The van der Waals surface area contributed by atoms with Gasteiger partial charge in [0, 0.05) is 24.7 Å². The fourth-order valence-corrected chi connectivity index (χ4v) is 2.17. The van der Waals surface area contributed by atoms with Crippen molar-refractivity contribution in [2.24, 2.45) is 0 Å². The van der Waals surface area contributed by atoms with Crippen LogP contribution in [0.2, 0.25) is 0 Å². The molecule has 1 aromatic heterocycles. The minimum Gasteiger partial charge on any atom is -0.368 e. The second-order valence-corrected chi connectivity index (χ2v) is 4.05. The summed E-state index contributed by atoms with van der Waals surface area (Å²) in [6.07, 6.45) is 1.84. The molecule has 1 unspecified atom stereocenters. The highest BCUT2D eigenvalue weighted by molar-refractivity contribution is 7.09. The number of thiazole rings is 1. The highest BCUT2D eigenvalue weighted by atomic mass is 32.1. The molecule has 1 atom stereocenters. The van der Waals surface area contributed by atoms with Gasteiger partial charge in [0.05, 0.1) is 19.2 Å². The number of hydrogen-bond donors (Lipinski definition) is 0. The zero-order valence-corrected chi connectivity index (χ0v) is 8.54. The third kappa shape index (κ3) is 2.10. The Morgan fingerprint density at radius 3 is 3.43 bits per heavy atom. The normalized spacial score (nSPS) is 23.2. The Bertz CT molecular complexity index is 319. The van der Waals surface area contributed by atoms with E-state index < -0.39 is 0 Å². The molecule has 5 heteroatoms. The van der Waals surface area contributed by atoms with Crippen molar-refractivity contribution in [3.05, 3.63) is 16.6 Å². The van der Waals surface area contributed by atoms with Crippen molar-refractivity contribution in [1.29, 1.82) is 5.26 Å². The first-order valence-corrected chi connectivity index (χ1v) is 5.38. The van der Waals surface area contributed by atoms with Crippen LogP contribution >= 0.6 is 11.3 Å². The third-order valence-corrected chi connectivity index (χ3v) is 3.04. The molecule has 0 spiro atoms. The highest BCUT2D eigenvalue weighted by Crippen LogP contribution is 2.23. The van der Waals surface area contributed by atoms with E-state index in [1.807, 2.05) is 5.38 Å². The summed E-state index contributed by atoms with van der Waals surface area (Å²) in [6.45, 7) is 2.79. The van der Waals surface area contributed by atoms with E-state index in [9.17, 15) is 0 Å². The van der Waals surface area contributed by atoms with Gasteiger partial charge in [-0.1, -0.05) is 0 Å². The number of hydrogen-bond acceptors (Lipinski definition) is 5. The Hall–Kier alpha value is -0.960. The van der Waals surface area contributed by atoms with Crippen LogP contribution in [0.3, 0.4) is 0 Å². The maximum Gasteiger partial charge on any atom is 0.123 e. The fraction of sp³-hybridized carbons (Fsp3) is 0.556. The molecule has 74 valence electrons. The molecule has 1 aromatic rings. The smallest absolute Gasteiger partial charge is 0.123 e. The van der Waals surface area contributed by atoms with Crippen LogP contribution < -0.4 is 0 Å². The molecular weight excluding hydrogens is 198 g/mol. The zero-order valence-electron chi connectivity index (χ0n) is 7.72. The van der Waals surface area contributed by atoms with E-state index in [0.29, 0.717) is 13.2 Å². The first kappa shape index (κ1) is 9.59. The fourth-order valence-electron chi connectivity index (χ4n) is 1.49. The molecule has 2 rings (SSSR count). The summed E-state index contributed by atoms with van der Waals surface area (Å²) in [5.41, 5.74) is 0. The van der Waals surface area contributed by atoms with Crippen molar-refractivity contribution in [2.45, 2.75) is 6.10 Å². The average Bonchev–Trinajstić information content (AvgIpc) is 2.71. The van der Waals surface area contributed by atoms with Gasteiger partial charge in [-0.25, -0.2) is 4.98 Å². The lowest BCUT2D eigenvalue weighted by Gasteiger charge is -2.29. The molecule has 14 heavy (non-hydrogen) atoms. The van der Waals surface area contributed by atoms with Gasteiger partial charge in [0.1, 0.15) is 11.1 Å². The summed E-state index contributed by atoms with van der Waals surface area (Å²) in [5, 5.41) is 11.5. The molecule has 1 aliphatic heterocycles. The van der Waals surface area contributed by atoms with E-state index in [2.05, 4.69) is 16.0 Å². The van der Waals surface area contributed by atoms with Crippen LogP contribution in [0.25, 0.3) is 0 Å². The van der Waals surface area contributed by atoms with Gasteiger partial charge in [0.2, 0.25) is 0 Å². The Labute approximate surface area is 86.7 Å². The van der Waals surface area contributed by atoms with Gasteiger partial charge in [-0.15, -0.1) is 11.3 Å². The number of morpholine rings is 1. The first-order valence-electron chi connectivity index (χ1n) is 4.50. The molecule has 0 bridgehead atoms. The van der Waals surface area contributed by atoms with Gasteiger partial charge in [0.25, 0.3) is 0 Å². The predicted molar refractivity (Wildman–Crippen MR) is 52.9 cm³/mol. The van der Waals surface area contributed by atoms with Crippen LogP contribution in [0, 0.1) is 11.3 Å². The molecule has 0 aliphatic carbocycles. The lowest BCUT2D eigenvalue weighted by Crippen LogP contribution is -2.38. The standard InChI is InChI=1S/C9H11N3OS/c10-1-3-12-4-5-13-8(7-12)9-11-2-6-14-9/h2,6,8H,3-5,7H2. The number of aromatic nitrogens is 1. The van der Waals surface area contributed by atoms with Crippen LogP contribution in [-0.2, 0) is 4.74 Å². The van der Waals surface area contributed by atoms with E-state index in [0.717, 1.165) is 18.1 Å². The highest BCUT2D eigenvalue weighted by Gasteiger charge is 2.23. The first-order chi connectivity index (χ1) is 6.90. The second kappa shape index (κ2) is 4.51. The van der Waals surface area contributed by atoms with Crippen LogP contribution in [0.5, 0.6) is 0 Å². The minimum atomic E-state index is 0.0529. The summed E-state index contributed by atoms with van der Waals surface area (Å²) in [7, 11) is 0. The molecule has 0 saturated carbocycles. The van der Waals surface area contributed by atoms with Crippen LogP contribution in [0.4, 0.5) is 0 Å². The van der Waals surface area contributed by atoms with Gasteiger partial charge < -0.3 is 4.74 Å². The molecular formula is C9H11N3OS. The lowest BCUT2D eigenvalue weighted by molar-refractivity contribution is -0.0255. The van der Waals surface area contributed by atoms with E-state index in [1.54, 1.807) is 17.5 Å². The number of ether oxygens (including phenoxy) is 1. The molecule has 0 amide bonds. The van der Waals surface area contributed by atoms with Crippen molar-refractivity contribution in [2.75, 3.05) is 26.2 Å². The zero-order chi connectivity index (χ0) is 9.80. The summed E-state index contributed by atoms with van der Waals surface area (Å²) in [5.74, 6) is 0. The van der Waals surface area contributed by atoms with E-state index in [4.69, 9.17) is 10.00 Å². The monoisotopic (exact) mass is 209 g/mol. The molecule has 1 saturated heterocycles. The summed E-state index contributed by atoms with van der Waals surface area (Å²) in [4.78, 5) is 6.31. The van der Waals surface area contributed by atoms with Gasteiger partial charge in [0.15, 0.2) is 0 Å². The summed E-state index contributed by atoms with van der Waals surface area (Å²) >= 11 is 1.60. The number of rotatable bonds is 2. The minimum absolute atomic E-state index is 0.0529. The average molecular weight is 209 g/mol. The maximum atomic E-state index is 8.59. The molecule has 0 radical (unpaired) electrons. The predicted octanol–water partition coefficient (Wildman–Crippen LogP) is 1.04. The SMILES string of the molecule is N#CCN1CCOC(c2nccs2)C1. The lowest BCUT2D eigenvalue weighted by atomic mass is 10.3. The van der Waals surface area contributed by atoms with E-state index in [-0.39, 0.29) is 6.10 Å². The maximum absolute atomic E-state index is 8.59. The molecule has 4 nitrogen and oxygen atoms in total. The Kier molecular flexibility index (Phi) is 3.09. The Balaban J connectivity index is 1.98. The van der Waals surface area contributed by atoms with Crippen LogP contribution in [0.1, 0.15) is 11.1 Å². The molecule has 0 N–H and O–H groups in total. The van der Waals surface area contributed by atoms with Crippen molar-refractivity contribution >= 4 is 11.3 Å². The van der Waals surface area contributed by atoms with Crippen molar-refractivity contribution in [3.8, 4) is 6.07 Å².